The Balaban J connectivity index is 2.36. The van der Waals surface area contributed by atoms with Gasteiger partial charge in [0.25, 0.3) is 0 Å². The van der Waals surface area contributed by atoms with Gasteiger partial charge in [0.2, 0.25) is 5.91 Å². The second kappa shape index (κ2) is 5.08. The van der Waals surface area contributed by atoms with E-state index in [2.05, 4.69) is 11.4 Å². The lowest BCUT2D eigenvalue weighted by Crippen LogP contribution is -2.60. The van der Waals surface area contributed by atoms with Gasteiger partial charge in [-0.15, -0.1) is 0 Å². The Morgan fingerprint density at radius 1 is 1.33 bits per heavy atom. The maximum absolute atomic E-state index is 12.3. The van der Waals surface area contributed by atoms with Gasteiger partial charge in [-0.05, 0) is 44.0 Å². The number of hydrogen-bond donors (Lipinski definition) is 2. The molecule has 2 N–H and O–H groups in total. The van der Waals surface area contributed by atoms with Gasteiger partial charge < -0.3 is 15.3 Å². The second-order valence-electron chi connectivity index (χ2n) is 5.05. The lowest BCUT2D eigenvalue weighted by Gasteiger charge is -2.38. The van der Waals surface area contributed by atoms with E-state index < -0.39 is 6.04 Å². The summed E-state index contributed by atoms with van der Waals surface area (Å²) in [5.74, 6) is -0.0544. The van der Waals surface area contributed by atoms with Crippen LogP contribution in [0.5, 0.6) is 0 Å². The first kappa shape index (κ1) is 13.1. The molecule has 0 aromatic heterocycles. The summed E-state index contributed by atoms with van der Waals surface area (Å²) in [5.41, 5.74) is 3.21. The molecular formula is C14H20N2O2. The number of carbonyl (C=O) groups excluding carboxylic acids is 1. The number of benzene rings is 1. The van der Waals surface area contributed by atoms with E-state index in [1.807, 2.05) is 32.9 Å². The van der Waals surface area contributed by atoms with Crippen LogP contribution in [0.15, 0.2) is 18.2 Å². The second-order valence-corrected chi connectivity index (χ2v) is 5.05. The number of aliphatic hydroxyl groups excluding tert-OH is 1. The van der Waals surface area contributed by atoms with Crippen molar-refractivity contribution in [2.45, 2.75) is 32.9 Å². The van der Waals surface area contributed by atoms with Crippen molar-refractivity contribution in [2.24, 2.45) is 0 Å². The van der Waals surface area contributed by atoms with Crippen LogP contribution in [0.1, 0.15) is 18.1 Å². The van der Waals surface area contributed by atoms with Crippen molar-refractivity contribution in [1.29, 1.82) is 0 Å². The van der Waals surface area contributed by atoms with Crippen LogP contribution in [0, 0.1) is 13.8 Å². The molecule has 18 heavy (non-hydrogen) atoms. The van der Waals surface area contributed by atoms with Gasteiger partial charge in [0.05, 0.1) is 6.61 Å². The van der Waals surface area contributed by atoms with Gasteiger partial charge in [-0.1, -0.05) is 6.07 Å². The highest BCUT2D eigenvalue weighted by molar-refractivity contribution is 5.98. The Morgan fingerprint density at radius 3 is 2.50 bits per heavy atom. The zero-order valence-electron chi connectivity index (χ0n) is 11.1. The standard InChI is InChI=1S/C14H20N2O2/c1-9-4-10(2)6-12(5-9)16-11(3)7-15-13(8-17)14(16)18/h4-6,11,13,15,17H,7-8H2,1-3H3. The van der Waals surface area contributed by atoms with Crippen molar-refractivity contribution >= 4 is 11.6 Å². The van der Waals surface area contributed by atoms with Crippen molar-refractivity contribution in [3.05, 3.63) is 29.3 Å². The van der Waals surface area contributed by atoms with E-state index in [1.54, 1.807) is 4.90 Å². The largest absolute Gasteiger partial charge is 0.394 e. The Kier molecular flexibility index (Phi) is 3.68. The monoisotopic (exact) mass is 248 g/mol. The number of amides is 1. The van der Waals surface area contributed by atoms with E-state index >= 15 is 0 Å². The Labute approximate surface area is 108 Å². The molecule has 2 rings (SSSR count). The molecule has 2 unspecified atom stereocenters. The van der Waals surface area contributed by atoms with E-state index in [1.165, 1.54) is 0 Å². The third kappa shape index (κ3) is 2.40. The van der Waals surface area contributed by atoms with E-state index in [4.69, 9.17) is 0 Å². The van der Waals surface area contributed by atoms with Crippen molar-refractivity contribution in [3.63, 3.8) is 0 Å². The van der Waals surface area contributed by atoms with Gasteiger partial charge in [0.15, 0.2) is 0 Å². The van der Waals surface area contributed by atoms with E-state index in [-0.39, 0.29) is 18.6 Å². The molecule has 0 radical (unpaired) electrons. The minimum atomic E-state index is -0.484. The minimum absolute atomic E-state index is 0.0544. The molecule has 0 aliphatic carbocycles. The highest BCUT2D eigenvalue weighted by atomic mass is 16.3. The van der Waals surface area contributed by atoms with Crippen molar-refractivity contribution in [2.75, 3.05) is 18.1 Å². The molecule has 1 saturated heterocycles. The van der Waals surface area contributed by atoms with Crippen molar-refractivity contribution < 1.29 is 9.90 Å². The van der Waals surface area contributed by atoms with Crippen LogP contribution >= 0.6 is 0 Å². The molecule has 1 fully saturated rings. The minimum Gasteiger partial charge on any atom is -0.394 e. The quantitative estimate of drug-likeness (QED) is 0.820. The third-order valence-electron chi connectivity index (χ3n) is 3.30. The van der Waals surface area contributed by atoms with Gasteiger partial charge in [0, 0.05) is 18.3 Å². The summed E-state index contributed by atoms with van der Waals surface area (Å²) in [7, 11) is 0. The summed E-state index contributed by atoms with van der Waals surface area (Å²) < 4.78 is 0. The maximum Gasteiger partial charge on any atom is 0.246 e. The van der Waals surface area contributed by atoms with Crippen LogP contribution in [0.25, 0.3) is 0 Å². The molecule has 1 amide bonds. The average molecular weight is 248 g/mol. The lowest BCUT2D eigenvalue weighted by atomic mass is 10.1. The molecule has 4 heteroatoms. The number of anilines is 1. The molecule has 98 valence electrons. The number of rotatable bonds is 2. The van der Waals surface area contributed by atoms with Gasteiger partial charge in [-0.2, -0.15) is 0 Å². The summed E-state index contributed by atoms with van der Waals surface area (Å²) in [6, 6.07) is 5.73. The van der Waals surface area contributed by atoms with Crippen LogP contribution in [0.3, 0.4) is 0 Å². The first-order valence-corrected chi connectivity index (χ1v) is 6.28. The number of aliphatic hydroxyl groups is 1. The summed E-state index contributed by atoms with van der Waals surface area (Å²) in [6.45, 7) is 6.60. The Bertz CT molecular complexity index is 439. The SMILES string of the molecule is Cc1cc(C)cc(N2C(=O)C(CO)NCC2C)c1. The first-order valence-electron chi connectivity index (χ1n) is 6.28. The van der Waals surface area contributed by atoms with E-state index in [0.29, 0.717) is 6.54 Å². The third-order valence-corrected chi connectivity index (χ3v) is 3.30. The zero-order chi connectivity index (χ0) is 13.3. The molecule has 2 atom stereocenters. The number of nitrogens with zero attached hydrogens (tertiary/aromatic N) is 1. The molecule has 0 saturated carbocycles. The van der Waals surface area contributed by atoms with Crippen LogP contribution < -0.4 is 10.2 Å². The predicted molar refractivity (Wildman–Crippen MR) is 71.7 cm³/mol. The molecule has 4 nitrogen and oxygen atoms in total. The van der Waals surface area contributed by atoms with Gasteiger partial charge in [0.1, 0.15) is 6.04 Å². The molecular weight excluding hydrogens is 228 g/mol. The van der Waals surface area contributed by atoms with Crippen LogP contribution in [0.2, 0.25) is 0 Å². The molecule has 1 aromatic carbocycles. The number of hydrogen-bond acceptors (Lipinski definition) is 3. The molecule has 1 aromatic rings. The van der Waals surface area contributed by atoms with Crippen LogP contribution in [0.4, 0.5) is 5.69 Å². The first-order chi connectivity index (χ1) is 8.52. The van der Waals surface area contributed by atoms with Crippen LogP contribution in [-0.2, 0) is 4.79 Å². The number of piperazine rings is 1. The summed E-state index contributed by atoms with van der Waals surface area (Å²) in [6.07, 6.45) is 0. The molecule has 0 bridgehead atoms. The van der Waals surface area contributed by atoms with E-state index in [0.717, 1.165) is 16.8 Å². The number of nitrogens with one attached hydrogen (secondary N) is 1. The number of aryl methyl sites for hydroxylation is 2. The predicted octanol–water partition coefficient (Wildman–Crippen LogP) is 0.989. The molecule has 1 heterocycles. The average Bonchev–Trinajstić information content (AvgIpc) is 2.28. The molecule has 1 aliphatic rings. The highest BCUT2D eigenvalue weighted by Crippen LogP contribution is 2.23. The smallest absolute Gasteiger partial charge is 0.246 e. The van der Waals surface area contributed by atoms with Gasteiger partial charge >= 0.3 is 0 Å². The van der Waals surface area contributed by atoms with Gasteiger partial charge in [-0.3, -0.25) is 4.79 Å². The topological polar surface area (TPSA) is 52.6 Å². The summed E-state index contributed by atoms with van der Waals surface area (Å²) in [5, 5.41) is 12.3. The van der Waals surface area contributed by atoms with Crippen LogP contribution in [-0.4, -0.2) is 36.2 Å². The summed E-state index contributed by atoms with van der Waals surface area (Å²) >= 11 is 0. The fraction of sp³-hybridized carbons (Fsp3) is 0.500. The fourth-order valence-corrected chi connectivity index (χ4v) is 2.49. The van der Waals surface area contributed by atoms with Crippen molar-refractivity contribution in [1.82, 2.24) is 5.32 Å². The fourth-order valence-electron chi connectivity index (χ4n) is 2.49. The Hall–Kier alpha value is -1.39. The highest BCUT2D eigenvalue weighted by Gasteiger charge is 2.33. The van der Waals surface area contributed by atoms with Crippen molar-refractivity contribution in [3.8, 4) is 0 Å². The zero-order valence-corrected chi connectivity index (χ0v) is 11.1. The van der Waals surface area contributed by atoms with E-state index in [9.17, 15) is 9.90 Å². The number of carbonyl (C=O) groups is 1. The lowest BCUT2D eigenvalue weighted by molar-refractivity contribution is -0.123. The molecule has 1 aliphatic heterocycles. The maximum atomic E-state index is 12.3. The Morgan fingerprint density at radius 2 is 1.94 bits per heavy atom. The summed E-state index contributed by atoms with van der Waals surface area (Å²) in [4.78, 5) is 14.1. The van der Waals surface area contributed by atoms with Gasteiger partial charge in [-0.25, -0.2) is 0 Å². The normalized spacial score (nSPS) is 24.4. The molecule has 0 spiro atoms.